The summed E-state index contributed by atoms with van der Waals surface area (Å²) in [4.78, 5) is 15.7. The van der Waals surface area contributed by atoms with Gasteiger partial charge < -0.3 is 13.7 Å². The average molecular weight is 331 g/mol. The van der Waals surface area contributed by atoms with Crippen molar-refractivity contribution < 1.29 is 18.5 Å². The minimum Gasteiger partial charge on any atom is -0.465 e. The molecular formula is C16H11ClN2O4. The van der Waals surface area contributed by atoms with E-state index in [1.54, 1.807) is 36.4 Å². The van der Waals surface area contributed by atoms with Gasteiger partial charge in [0.25, 0.3) is 5.89 Å². The molecule has 6 nitrogen and oxygen atoms in total. The van der Waals surface area contributed by atoms with Crippen LogP contribution in [0.3, 0.4) is 0 Å². The van der Waals surface area contributed by atoms with Crippen LogP contribution in [0.5, 0.6) is 0 Å². The second kappa shape index (κ2) is 6.93. The summed E-state index contributed by atoms with van der Waals surface area (Å²) in [5, 5.41) is 4.45. The molecule has 23 heavy (non-hydrogen) atoms. The summed E-state index contributed by atoms with van der Waals surface area (Å²) in [6, 6.07) is 10.4. The fourth-order valence-electron chi connectivity index (χ4n) is 1.75. The van der Waals surface area contributed by atoms with Crippen molar-refractivity contribution in [2.75, 3.05) is 0 Å². The van der Waals surface area contributed by atoms with Crippen molar-refractivity contribution in [1.29, 1.82) is 0 Å². The second-order valence-electron chi connectivity index (χ2n) is 4.48. The lowest BCUT2D eigenvalue weighted by Crippen LogP contribution is -2.00. The number of furan rings is 1. The van der Waals surface area contributed by atoms with Crippen LogP contribution in [-0.2, 0) is 16.1 Å². The van der Waals surface area contributed by atoms with Gasteiger partial charge in [-0.05, 0) is 42.5 Å². The van der Waals surface area contributed by atoms with Crippen molar-refractivity contribution in [3.8, 4) is 11.4 Å². The molecule has 0 aliphatic rings. The van der Waals surface area contributed by atoms with Gasteiger partial charge in [-0.15, -0.1) is 0 Å². The Bertz CT molecular complexity index is 807. The number of rotatable bonds is 5. The zero-order chi connectivity index (χ0) is 16.1. The minimum absolute atomic E-state index is 0.109. The van der Waals surface area contributed by atoms with E-state index in [0.717, 1.165) is 5.56 Å². The van der Waals surface area contributed by atoms with Crippen LogP contribution >= 0.6 is 11.6 Å². The summed E-state index contributed by atoms with van der Waals surface area (Å²) in [6.45, 7) is -0.109. The van der Waals surface area contributed by atoms with Crippen LogP contribution in [0.4, 0.5) is 0 Å². The molecule has 0 aliphatic heterocycles. The third-order valence-corrected chi connectivity index (χ3v) is 3.09. The molecule has 0 fully saturated rings. The van der Waals surface area contributed by atoms with Gasteiger partial charge in [-0.3, -0.25) is 0 Å². The van der Waals surface area contributed by atoms with Crippen molar-refractivity contribution in [1.82, 2.24) is 10.1 Å². The number of hydrogen-bond acceptors (Lipinski definition) is 6. The monoisotopic (exact) mass is 330 g/mol. The van der Waals surface area contributed by atoms with Gasteiger partial charge in [0.1, 0.15) is 5.76 Å². The third-order valence-electron chi connectivity index (χ3n) is 2.84. The van der Waals surface area contributed by atoms with E-state index in [1.807, 2.05) is 0 Å². The van der Waals surface area contributed by atoms with Gasteiger partial charge in [-0.1, -0.05) is 16.8 Å². The number of benzene rings is 1. The van der Waals surface area contributed by atoms with Gasteiger partial charge in [-0.2, -0.15) is 4.98 Å². The van der Waals surface area contributed by atoms with Gasteiger partial charge >= 0.3 is 5.97 Å². The highest BCUT2D eigenvalue weighted by Crippen LogP contribution is 2.18. The van der Waals surface area contributed by atoms with Gasteiger partial charge in [0.2, 0.25) is 5.82 Å². The number of halogens is 1. The van der Waals surface area contributed by atoms with Crippen LogP contribution in [0.2, 0.25) is 5.02 Å². The Hall–Kier alpha value is -2.86. The Kier molecular flexibility index (Phi) is 4.54. The molecule has 0 amide bonds. The Balaban J connectivity index is 1.57. The summed E-state index contributed by atoms with van der Waals surface area (Å²) in [6.07, 6.45) is 4.28. The van der Waals surface area contributed by atoms with E-state index in [4.69, 9.17) is 25.3 Å². The van der Waals surface area contributed by atoms with E-state index in [9.17, 15) is 4.79 Å². The van der Waals surface area contributed by atoms with E-state index in [0.29, 0.717) is 16.6 Å². The Morgan fingerprint density at radius 1 is 1.26 bits per heavy atom. The van der Waals surface area contributed by atoms with Crippen molar-refractivity contribution in [2.24, 2.45) is 0 Å². The zero-order valence-electron chi connectivity index (χ0n) is 11.8. The molecule has 0 atom stereocenters. The summed E-state index contributed by atoms with van der Waals surface area (Å²) in [7, 11) is 0. The smallest absolute Gasteiger partial charge is 0.331 e. The fraction of sp³-hybridized carbons (Fsp3) is 0.0625. The number of nitrogens with zero attached hydrogens (tertiary/aromatic N) is 2. The van der Waals surface area contributed by atoms with Gasteiger partial charge in [0.15, 0.2) is 6.61 Å². The summed E-state index contributed by atoms with van der Waals surface area (Å²) in [5.74, 6) is 0.631. The molecule has 0 aliphatic carbocycles. The molecule has 2 heterocycles. The summed E-state index contributed by atoms with van der Waals surface area (Å²) in [5.41, 5.74) is 0.758. The molecule has 7 heteroatoms. The second-order valence-corrected chi connectivity index (χ2v) is 4.91. The molecule has 0 unspecified atom stereocenters. The van der Waals surface area contributed by atoms with E-state index < -0.39 is 5.97 Å². The van der Waals surface area contributed by atoms with E-state index in [2.05, 4.69) is 10.1 Å². The van der Waals surface area contributed by atoms with Gasteiger partial charge in [0.05, 0.1) is 6.26 Å². The van der Waals surface area contributed by atoms with Crippen molar-refractivity contribution in [3.63, 3.8) is 0 Å². The fourth-order valence-corrected chi connectivity index (χ4v) is 1.87. The van der Waals surface area contributed by atoms with Crippen molar-refractivity contribution >= 4 is 23.6 Å². The molecule has 2 aromatic heterocycles. The molecule has 0 N–H and O–H groups in total. The number of carbonyl (C=O) groups excluding carboxylic acids is 1. The highest BCUT2D eigenvalue weighted by Gasteiger charge is 2.10. The first-order valence-electron chi connectivity index (χ1n) is 6.67. The van der Waals surface area contributed by atoms with Crippen LogP contribution in [0.25, 0.3) is 17.5 Å². The van der Waals surface area contributed by atoms with Crippen LogP contribution in [0.15, 0.2) is 57.7 Å². The average Bonchev–Trinajstić information content (AvgIpc) is 3.23. The highest BCUT2D eigenvalue weighted by molar-refractivity contribution is 6.30. The largest absolute Gasteiger partial charge is 0.465 e. The maximum absolute atomic E-state index is 11.6. The van der Waals surface area contributed by atoms with E-state index >= 15 is 0 Å². The maximum Gasteiger partial charge on any atom is 0.331 e. The molecular weight excluding hydrogens is 320 g/mol. The summed E-state index contributed by atoms with van der Waals surface area (Å²) >= 11 is 5.82. The third kappa shape index (κ3) is 4.08. The van der Waals surface area contributed by atoms with Crippen molar-refractivity contribution in [2.45, 2.75) is 6.61 Å². The first kappa shape index (κ1) is 15.1. The Morgan fingerprint density at radius 3 is 2.83 bits per heavy atom. The van der Waals surface area contributed by atoms with Crippen LogP contribution in [0.1, 0.15) is 11.7 Å². The van der Waals surface area contributed by atoms with Gasteiger partial charge in [-0.25, -0.2) is 4.79 Å². The zero-order valence-corrected chi connectivity index (χ0v) is 12.6. The van der Waals surface area contributed by atoms with Crippen molar-refractivity contribution in [3.05, 3.63) is 65.4 Å². The Labute approximate surface area is 136 Å². The normalized spacial score (nSPS) is 11.0. The highest BCUT2D eigenvalue weighted by atomic mass is 35.5. The molecule has 0 saturated heterocycles. The topological polar surface area (TPSA) is 78.4 Å². The van der Waals surface area contributed by atoms with Crippen LogP contribution in [-0.4, -0.2) is 16.1 Å². The Morgan fingerprint density at radius 2 is 2.09 bits per heavy atom. The molecule has 3 rings (SSSR count). The number of aromatic nitrogens is 2. The number of ether oxygens (including phenoxy) is 1. The lowest BCUT2D eigenvalue weighted by Gasteiger charge is -1.96. The molecule has 0 radical (unpaired) electrons. The molecule has 0 spiro atoms. The SMILES string of the molecule is O=C(C=Cc1ccco1)OCc1nc(-c2ccc(Cl)cc2)no1. The quantitative estimate of drug-likeness (QED) is 0.524. The molecule has 0 saturated carbocycles. The minimum atomic E-state index is -0.535. The number of carbonyl (C=O) groups is 1. The molecule has 3 aromatic rings. The van der Waals surface area contributed by atoms with Crippen LogP contribution in [0, 0.1) is 0 Å². The summed E-state index contributed by atoms with van der Waals surface area (Å²) < 4.78 is 15.1. The number of esters is 1. The predicted octanol–water partition coefficient (Wildman–Crippen LogP) is 3.74. The maximum atomic E-state index is 11.6. The van der Waals surface area contributed by atoms with E-state index in [-0.39, 0.29) is 12.5 Å². The molecule has 0 bridgehead atoms. The van der Waals surface area contributed by atoms with Crippen LogP contribution < -0.4 is 0 Å². The van der Waals surface area contributed by atoms with Gasteiger partial charge in [0, 0.05) is 16.7 Å². The number of hydrogen-bond donors (Lipinski definition) is 0. The first-order valence-corrected chi connectivity index (χ1v) is 7.05. The lowest BCUT2D eigenvalue weighted by molar-refractivity contribution is -0.139. The first-order chi connectivity index (χ1) is 11.2. The lowest BCUT2D eigenvalue weighted by atomic mass is 10.2. The molecule has 116 valence electrons. The standard InChI is InChI=1S/C16H11ClN2O4/c17-12-5-3-11(4-6-12)16-18-14(23-19-16)10-22-15(20)8-7-13-2-1-9-21-13/h1-9H,10H2. The molecule has 1 aromatic carbocycles. The predicted molar refractivity (Wildman–Crippen MR) is 82.3 cm³/mol. The van der Waals surface area contributed by atoms with E-state index in [1.165, 1.54) is 18.4 Å².